The van der Waals surface area contributed by atoms with Crippen LogP contribution in [-0.4, -0.2) is 18.7 Å². The lowest BCUT2D eigenvalue weighted by molar-refractivity contribution is -0.0498. The maximum Gasteiger partial charge on any atom is 0.387 e. The van der Waals surface area contributed by atoms with Gasteiger partial charge in [-0.15, -0.1) is 6.58 Å². The molecule has 2 nitrogen and oxygen atoms in total. The van der Waals surface area contributed by atoms with E-state index in [9.17, 15) is 8.78 Å². The van der Waals surface area contributed by atoms with E-state index < -0.39 is 6.61 Å². The summed E-state index contributed by atoms with van der Waals surface area (Å²) < 4.78 is 28.4. The molecule has 0 saturated heterocycles. The van der Waals surface area contributed by atoms with Gasteiger partial charge < -0.3 is 10.1 Å². The number of halogens is 2. The maximum atomic E-state index is 12.0. The Balaban J connectivity index is 2.35. The molecule has 0 saturated carbocycles. The molecule has 0 amide bonds. The van der Waals surface area contributed by atoms with Crippen LogP contribution in [0.4, 0.5) is 8.78 Å². The van der Waals surface area contributed by atoms with Gasteiger partial charge in [0, 0.05) is 12.1 Å². The molecule has 1 aromatic carbocycles. The van der Waals surface area contributed by atoms with Crippen molar-refractivity contribution in [2.24, 2.45) is 0 Å². The van der Waals surface area contributed by atoms with E-state index in [2.05, 4.69) is 30.5 Å². The van der Waals surface area contributed by atoms with Crippen LogP contribution in [-0.2, 0) is 6.42 Å². The molecule has 0 aliphatic heterocycles. The number of aryl methyl sites for hydroxylation is 1. The van der Waals surface area contributed by atoms with Gasteiger partial charge >= 0.3 is 6.61 Å². The Morgan fingerprint density at radius 2 is 1.85 bits per heavy atom. The fourth-order valence-electron chi connectivity index (χ4n) is 2.11. The van der Waals surface area contributed by atoms with Crippen LogP contribution in [0.25, 0.3) is 0 Å². The third-order valence-electron chi connectivity index (χ3n) is 3.10. The third-order valence-corrected chi connectivity index (χ3v) is 3.10. The highest BCUT2D eigenvalue weighted by molar-refractivity contribution is 5.27. The van der Waals surface area contributed by atoms with E-state index in [1.807, 2.05) is 18.2 Å². The molecule has 0 aromatic heterocycles. The molecule has 0 aliphatic carbocycles. The molecule has 0 spiro atoms. The minimum Gasteiger partial charge on any atom is -0.435 e. The van der Waals surface area contributed by atoms with Crippen molar-refractivity contribution < 1.29 is 13.5 Å². The summed E-state index contributed by atoms with van der Waals surface area (Å²) in [5.74, 6) is 0.203. The van der Waals surface area contributed by atoms with Crippen molar-refractivity contribution in [2.75, 3.05) is 0 Å². The fourth-order valence-corrected chi connectivity index (χ4v) is 2.11. The Bertz CT molecular complexity index is 392. The van der Waals surface area contributed by atoms with Crippen LogP contribution >= 0.6 is 0 Å². The van der Waals surface area contributed by atoms with E-state index in [-0.39, 0.29) is 5.75 Å². The molecule has 0 aliphatic rings. The number of hydrogen-bond acceptors (Lipinski definition) is 2. The zero-order valence-corrected chi connectivity index (χ0v) is 12.1. The van der Waals surface area contributed by atoms with Crippen LogP contribution in [0.5, 0.6) is 5.75 Å². The van der Waals surface area contributed by atoms with Crippen LogP contribution < -0.4 is 10.1 Å². The van der Waals surface area contributed by atoms with Gasteiger partial charge in [-0.05, 0) is 50.8 Å². The van der Waals surface area contributed by atoms with E-state index in [1.165, 1.54) is 0 Å². The number of alkyl halides is 2. The topological polar surface area (TPSA) is 21.3 Å². The number of ether oxygens (including phenoxy) is 1. The summed E-state index contributed by atoms with van der Waals surface area (Å²) in [4.78, 5) is 0. The quantitative estimate of drug-likeness (QED) is 0.687. The Kier molecular flexibility index (Phi) is 7.23. The molecule has 1 rings (SSSR count). The van der Waals surface area contributed by atoms with E-state index in [0.29, 0.717) is 12.1 Å². The highest BCUT2D eigenvalue weighted by Crippen LogP contribution is 2.16. The van der Waals surface area contributed by atoms with Gasteiger partial charge in [0.05, 0.1) is 0 Å². The van der Waals surface area contributed by atoms with E-state index >= 15 is 0 Å². The number of rotatable bonds is 9. The predicted molar refractivity (Wildman–Crippen MR) is 78.3 cm³/mol. The summed E-state index contributed by atoms with van der Waals surface area (Å²) in [5, 5.41) is 3.49. The predicted octanol–water partition coefficient (Wildman–Crippen LogP) is 4.16. The summed E-state index contributed by atoms with van der Waals surface area (Å²) in [5.41, 5.74) is 1.12. The van der Waals surface area contributed by atoms with Crippen LogP contribution in [0.1, 0.15) is 32.3 Å². The monoisotopic (exact) mass is 283 g/mol. The van der Waals surface area contributed by atoms with Crippen molar-refractivity contribution in [3.05, 3.63) is 42.5 Å². The molecular formula is C16H23F2NO. The smallest absolute Gasteiger partial charge is 0.387 e. The van der Waals surface area contributed by atoms with E-state index in [4.69, 9.17) is 0 Å². The highest BCUT2D eigenvalue weighted by Gasteiger charge is 2.07. The average Bonchev–Trinajstić information content (AvgIpc) is 2.37. The molecule has 4 heteroatoms. The van der Waals surface area contributed by atoms with Crippen LogP contribution in [0.15, 0.2) is 36.9 Å². The average molecular weight is 283 g/mol. The second kappa shape index (κ2) is 8.69. The van der Waals surface area contributed by atoms with Crippen molar-refractivity contribution in [2.45, 2.75) is 51.8 Å². The van der Waals surface area contributed by atoms with Gasteiger partial charge in [0.15, 0.2) is 0 Å². The molecule has 0 radical (unpaired) electrons. The Morgan fingerprint density at radius 1 is 1.20 bits per heavy atom. The summed E-state index contributed by atoms with van der Waals surface area (Å²) in [7, 11) is 0. The standard InChI is InChI=1S/C16H23F2NO/c1-4-5-12(2)19-13(3)6-7-14-8-10-15(11-9-14)20-16(17)18/h4,8-13,16,19H,1,5-7H2,2-3H3. The molecule has 1 N–H and O–H groups in total. The van der Waals surface area contributed by atoms with E-state index in [1.54, 1.807) is 12.1 Å². The second-order valence-corrected chi connectivity index (χ2v) is 5.05. The van der Waals surface area contributed by atoms with Gasteiger partial charge in [-0.25, -0.2) is 0 Å². The first-order valence-corrected chi connectivity index (χ1v) is 6.92. The maximum absolute atomic E-state index is 12.0. The Hall–Kier alpha value is -1.42. The molecule has 0 fully saturated rings. The summed E-state index contributed by atoms with van der Waals surface area (Å²) >= 11 is 0. The van der Waals surface area contributed by atoms with Crippen molar-refractivity contribution >= 4 is 0 Å². The van der Waals surface area contributed by atoms with Gasteiger partial charge in [-0.1, -0.05) is 18.2 Å². The third kappa shape index (κ3) is 6.66. The highest BCUT2D eigenvalue weighted by atomic mass is 19.3. The van der Waals surface area contributed by atoms with Gasteiger partial charge in [0.25, 0.3) is 0 Å². The van der Waals surface area contributed by atoms with Crippen molar-refractivity contribution in [3.8, 4) is 5.75 Å². The second-order valence-electron chi connectivity index (χ2n) is 5.05. The summed E-state index contributed by atoms with van der Waals surface area (Å²) in [6.45, 7) is 5.24. The normalized spacial score (nSPS) is 14.1. The van der Waals surface area contributed by atoms with Crippen LogP contribution in [0.2, 0.25) is 0 Å². The summed E-state index contributed by atoms with van der Waals surface area (Å²) in [6, 6.07) is 7.65. The molecule has 20 heavy (non-hydrogen) atoms. The van der Waals surface area contributed by atoms with Crippen molar-refractivity contribution in [3.63, 3.8) is 0 Å². The van der Waals surface area contributed by atoms with Crippen molar-refractivity contribution in [1.82, 2.24) is 5.32 Å². The molecule has 2 atom stereocenters. The zero-order chi connectivity index (χ0) is 15.0. The fraction of sp³-hybridized carbons (Fsp3) is 0.500. The molecule has 0 bridgehead atoms. The lowest BCUT2D eigenvalue weighted by Gasteiger charge is -2.19. The van der Waals surface area contributed by atoms with Crippen molar-refractivity contribution in [1.29, 1.82) is 0 Å². The Labute approximate surface area is 119 Å². The first kappa shape index (κ1) is 16.6. The number of hydrogen-bond donors (Lipinski definition) is 1. The Morgan fingerprint density at radius 3 is 2.40 bits per heavy atom. The summed E-state index contributed by atoms with van der Waals surface area (Å²) in [6.07, 6.45) is 4.76. The lowest BCUT2D eigenvalue weighted by atomic mass is 10.1. The van der Waals surface area contributed by atoms with E-state index in [0.717, 1.165) is 24.8 Å². The number of nitrogens with one attached hydrogen (secondary N) is 1. The van der Waals surface area contributed by atoms with Gasteiger partial charge in [-0.2, -0.15) is 8.78 Å². The first-order chi connectivity index (χ1) is 9.51. The molecule has 0 heterocycles. The molecular weight excluding hydrogens is 260 g/mol. The first-order valence-electron chi connectivity index (χ1n) is 6.92. The lowest BCUT2D eigenvalue weighted by Crippen LogP contribution is -2.34. The van der Waals surface area contributed by atoms with Gasteiger partial charge in [0.1, 0.15) is 5.75 Å². The van der Waals surface area contributed by atoms with Gasteiger partial charge in [-0.3, -0.25) is 0 Å². The minimum atomic E-state index is -2.77. The molecule has 112 valence electrons. The molecule has 1 aromatic rings. The van der Waals surface area contributed by atoms with Gasteiger partial charge in [0.2, 0.25) is 0 Å². The van der Waals surface area contributed by atoms with Crippen LogP contribution in [0.3, 0.4) is 0 Å². The number of benzene rings is 1. The van der Waals surface area contributed by atoms with Crippen LogP contribution in [0, 0.1) is 0 Å². The SMILES string of the molecule is C=CCC(C)NC(C)CCc1ccc(OC(F)F)cc1. The zero-order valence-electron chi connectivity index (χ0n) is 12.1. The minimum absolute atomic E-state index is 0.203. The largest absolute Gasteiger partial charge is 0.435 e. The molecule has 2 unspecified atom stereocenters.